The Bertz CT molecular complexity index is 4220. The molecule has 0 aliphatic rings. The first kappa shape index (κ1) is 65.3. The summed E-state index contributed by atoms with van der Waals surface area (Å²) in [6.45, 7) is 70.5. The Kier molecular flexibility index (Phi) is 16.2. The molecule has 9 heteroatoms. The third kappa shape index (κ3) is 13.6. The summed E-state index contributed by atoms with van der Waals surface area (Å²) < 4.78 is 2.23. The Morgan fingerprint density at radius 2 is 0.505 bits per heavy atom. The molecule has 9 nitrogen and oxygen atoms in total. The van der Waals surface area contributed by atoms with Gasteiger partial charge in [0.1, 0.15) is 0 Å². The van der Waals surface area contributed by atoms with Crippen LogP contribution in [0, 0.1) is 13.1 Å². The highest BCUT2D eigenvalue weighted by atomic mass is 15.1. The molecule has 0 unspecified atom stereocenters. The molecule has 0 saturated heterocycles. The van der Waals surface area contributed by atoms with E-state index in [2.05, 4.69) is 271 Å². The average Bonchev–Trinajstić information content (AvgIpc) is 1.64. The topological polar surface area (TPSA) is 91.0 Å². The van der Waals surface area contributed by atoms with Gasteiger partial charge in [0.15, 0.2) is 46.3 Å². The second-order valence-electron chi connectivity index (χ2n) is 33.5. The van der Waals surface area contributed by atoms with Crippen LogP contribution in [0.1, 0.15) is 211 Å². The van der Waals surface area contributed by atoms with Gasteiger partial charge in [-0.05, 0) is 190 Å². The van der Waals surface area contributed by atoms with Gasteiger partial charge in [0, 0.05) is 33.4 Å². The van der Waals surface area contributed by atoms with Crippen LogP contribution in [0.4, 0.5) is 11.4 Å². The summed E-state index contributed by atoms with van der Waals surface area (Å²) in [5.74, 6) is 3.17. The van der Waals surface area contributed by atoms with E-state index in [1.165, 1.54) is 44.5 Å². The van der Waals surface area contributed by atoms with Crippen molar-refractivity contribution in [1.29, 1.82) is 0 Å². The van der Waals surface area contributed by atoms with Crippen LogP contribution in [0.3, 0.4) is 0 Å². The van der Waals surface area contributed by atoms with E-state index in [9.17, 15) is 0 Å². The normalized spacial score (nSPS) is 13.0. The van der Waals surface area contributed by atoms with E-state index in [4.69, 9.17) is 43.0 Å². The highest BCUT2D eigenvalue weighted by Gasteiger charge is 2.30. The lowest BCUT2D eigenvalue weighted by Crippen LogP contribution is -2.17. The molecule has 91 heavy (non-hydrogen) atoms. The molecular weight excluding hydrogens is 1110 g/mol. The van der Waals surface area contributed by atoms with Crippen LogP contribution in [0.2, 0.25) is 0 Å². The zero-order valence-corrected chi connectivity index (χ0v) is 58.6. The number of hydrogen-bond acceptors (Lipinski definition) is 6. The van der Waals surface area contributed by atoms with E-state index in [-0.39, 0.29) is 43.3 Å². The molecule has 10 rings (SSSR count). The molecule has 0 N–H and O–H groups in total. The van der Waals surface area contributed by atoms with Crippen LogP contribution >= 0.6 is 0 Å². The van der Waals surface area contributed by atoms with E-state index in [1.54, 1.807) is 0 Å². The van der Waals surface area contributed by atoms with Gasteiger partial charge in [-0.1, -0.05) is 203 Å². The lowest BCUT2D eigenvalue weighted by atomic mass is 9.79. The summed E-state index contributed by atoms with van der Waals surface area (Å²) in [5.41, 5.74) is 16.6. The standard InChI is InChI=1S/C82H93N9/c1-75(2,3)53-33-49(34-54(42-53)76(4,5)6)70-85-69(86-71(87-70)50-35-55(77(7,8)9)43-56(36-50)78(10,11)12)48-27-30-68(91-66-31-28-61(83-25)46-63(66)64-47-62(84-26)29-32-67(64)91)65(41-48)74-89-72(51-37-57(79(13,14)15)44-58(38-51)80(16,17)18)88-73(90-74)52-39-59(81(19,20)21)45-60(40-52)82(22,23)24/h27-47H,1-24H3. The summed E-state index contributed by atoms with van der Waals surface area (Å²) in [5, 5.41) is 1.71. The molecule has 3 aromatic heterocycles. The number of hydrogen-bond donors (Lipinski definition) is 0. The molecular formula is C82H93N9. The Labute approximate surface area is 543 Å². The van der Waals surface area contributed by atoms with Gasteiger partial charge in [-0.15, -0.1) is 0 Å². The van der Waals surface area contributed by atoms with Crippen LogP contribution in [0.25, 0.3) is 106 Å². The maximum absolute atomic E-state index is 8.12. The number of nitrogens with zero attached hydrogens (tertiary/aromatic N) is 9. The van der Waals surface area contributed by atoms with Crippen molar-refractivity contribution in [2.24, 2.45) is 0 Å². The van der Waals surface area contributed by atoms with Gasteiger partial charge in [-0.25, -0.2) is 39.6 Å². The monoisotopic (exact) mass is 1200 g/mol. The molecule has 0 aliphatic carbocycles. The predicted octanol–water partition coefficient (Wildman–Crippen LogP) is 22.6. The van der Waals surface area contributed by atoms with Crippen molar-refractivity contribution in [2.45, 2.75) is 209 Å². The quantitative estimate of drug-likeness (QED) is 0.148. The molecule has 0 bridgehead atoms. The second kappa shape index (κ2) is 22.6. The second-order valence-corrected chi connectivity index (χ2v) is 33.5. The van der Waals surface area contributed by atoms with Crippen LogP contribution in [-0.2, 0) is 43.3 Å². The first-order valence-electron chi connectivity index (χ1n) is 32.1. The highest BCUT2D eigenvalue weighted by molar-refractivity contribution is 6.12. The largest absolute Gasteiger partial charge is 0.309 e. The van der Waals surface area contributed by atoms with E-state index in [0.717, 1.165) is 55.3 Å². The molecule has 7 aromatic carbocycles. The third-order valence-electron chi connectivity index (χ3n) is 17.7. The molecule has 0 saturated carbocycles. The van der Waals surface area contributed by atoms with Crippen LogP contribution in [0.5, 0.6) is 0 Å². The van der Waals surface area contributed by atoms with Crippen molar-refractivity contribution in [3.8, 4) is 74.0 Å². The number of fused-ring (bicyclic) bond motifs is 3. The van der Waals surface area contributed by atoms with Crippen molar-refractivity contribution in [3.05, 3.63) is 195 Å². The van der Waals surface area contributed by atoms with Gasteiger partial charge in [0.05, 0.1) is 29.9 Å². The van der Waals surface area contributed by atoms with Gasteiger partial charge in [0.25, 0.3) is 0 Å². The number of rotatable bonds is 7. The van der Waals surface area contributed by atoms with Crippen LogP contribution in [-0.4, -0.2) is 34.5 Å². The molecule has 0 fully saturated rings. The molecule has 0 spiro atoms. The number of benzene rings is 7. The summed E-state index contributed by atoms with van der Waals surface area (Å²) in [7, 11) is 0. The minimum Gasteiger partial charge on any atom is -0.309 e. The van der Waals surface area contributed by atoms with Crippen molar-refractivity contribution in [3.63, 3.8) is 0 Å². The first-order valence-corrected chi connectivity index (χ1v) is 32.1. The van der Waals surface area contributed by atoms with E-state index < -0.39 is 0 Å². The Hall–Kier alpha value is -8.66. The number of aromatic nitrogens is 7. The van der Waals surface area contributed by atoms with Gasteiger partial charge >= 0.3 is 0 Å². The van der Waals surface area contributed by atoms with Crippen molar-refractivity contribution in [1.82, 2.24) is 34.5 Å². The fourth-order valence-corrected chi connectivity index (χ4v) is 11.5. The smallest absolute Gasteiger partial charge is 0.188 e. The minimum absolute atomic E-state index is 0.170. The zero-order chi connectivity index (χ0) is 66.7. The molecule has 10 aromatic rings. The maximum atomic E-state index is 8.12. The van der Waals surface area contributed by atoms with E-state index in [1.807, 2.05) is 36.4 Å². The molecule has 0 aliphatic heterocycles. The van der Waals surface area contributed by atoms with Gasteiger partial charge in [0.2, 0.25) is 0 Å². The summed E-state index contributed by atoms with van der Waals surface area (Å²) in [6, 6.07) is 45.4. The van der Waals surface area contributed by atoms with Gasteiger partial charge < -0.3 is 4.57 Å². The summed E-state index contributed by atoms with van der Waals surface area (Å²) >= 11 is 0. The lowest BCUT2D eigenvalue weighted by Gasteiger charge is -2.26. The van der Waals surface area contributed by atoms with Crippen LogP contribution in [0.15, 0.2) is 127 Å². The molecule has 0 atom stereocenters. The third-order valence-corrected chi connectivity index (χ3v) is 17.7. The lowest BCUT2D eigenvalue weighted by molar-refractivity contribution is 0.568. The maximum Gasteiger partial charge on any atom is 0.188 e. The molecule has 0 amide bonds. The average molecular weight is 1200 g/mol. The highest BCUT2D eigenvalue weighted by Crippen LogP contribution is 2.44. The Morgan fingerprint density at radius 1 is 0.264 bits per heavy atom. The van der Waals surface area contributed by atoms with E-state index in [0.29, 0.717) is 51.9 Å². The van der Waals surface area contributed by atoms with Crippen molar-refractivity contribution < 1.29 is 0 Å². The van der Waals surface area contributed by atoms with Gasteiger partial charge in [-0.3, -0.25) is 0 Å². The Morgan fingerprint density at radius 3 is 0.747 bits per heavy atom. The van der Waals surface area contributed by atoms with Crippen LogP contribution < -0.4 is 0 Å². The minimum atomic E-state index is -0.192. The summed E-state index contributed by atoms with van der Waals surface area (Å²) in [6.07, 6.45) is 0. The summed E-state index contributed by atoms with van der Waals surface area (Å²) in [4.78, 5) is 41.4. The van der Waals surface area contributed by atoms with Crippen molar-refractivity contribution >= 4 is 33.2 Å². The van der Waals surface area contributed by atoms with Crippen molar-refractivity contribution in [2.75, 3.05) is 0 Å². The fraction of sp³-hybridized carbons (Fsp3) is 0.390. The zero-order valence-electron chi connectivity index (χ0n) is 58.6. The SMILES string of the molecule is [C-]#[N+]c1ccc2c(c1)c1cc([N+]#[C-])ccc1n2-c1ccc(-c2nc(-c3cc(C(C)(C)C)cc(C(C)(C)C)c3)nc(-c3cc(C(C)(C)C)cc(C(C)(C)C)c3)n2)cc1-c1nc(-c2cc(C(C)(C)C)cc(C(C)(C)C)c2)nc(-c2cc(C(C)(C)C)cc(C(C)(C)C)c2)n1. The van der Waals surface area contributed by atoms with Gasteiger partial charge in [-0.2, -0.15) is 0 Å². The molecule has 3 heterocycles. The van der Waals surface area contributed by atoms with E-state index >= 15 is 0 Å². The molecule has 0 radical (unpaired) electrons. The fourth-order valence-electron chi connectivity index (χ4n) is 11.5. The predicted molar refractivity (Wildman–Crippen MR) is 382 cm³/mol. The molecule has 466 valence electrons. The first-order chi connectivity index (χ1) is 42.0. The Balaban J connectivity index is 1.38.